The molecule has 1 N–H and O–H groups in total. The van der Waals surface area contributed by atoms with Crippen molar-refractivity contribution >= 4 is 17.0 Å². The third kappa shape index (κ3) is 2.69. The minimum absolute atomic E-state index is 0.334. The molecule has 0 spiro atoms. The van der Waals surface area contributed by atoms with Crippen LogP contribution in [0.25, 0.3) is 0 Å². The lowest BCUT2D eigenvalue weighted by molar-refractivity contribution is 0.629. The number of nitrogens with one attached hydrogen (secondary N) is 1. The van der Waals surface area contributed by atoms with Crippen molar-refractivity contribution in [3.63, 3.8) is 0 Å². The van der Waals surface area contributed by atoms with Gasteiger partial charge >= 0.3 is 0 Å². The number of nitrogens with zero attached hydrogens (tertiary/aromatic N) is 1. The molecule has 18 heavy (non-hydrogen) atoms. The quantitative estimate of drug-likeness (QED) is 0.905. The van der Waals surface area contributed by atoms with Gasteiger partial charge in [-0.15, -0.1) is 11.3 Å². The van der Waals surface area contributed by atoms with Crippen molar-refractivity contribution in [1.29, 1.82) is 5.26 Å². The summed E-state index contributed by atoms with van der Waals surface area (Å²) in [6, 6.07) is 8.47. The molecule has 0 unspecified atom stereocenters. The van der Waals surface area contributed by atoms with Crippen molar-refractivity contribution in [2.24, 2.45) is 0 Å². The van der Waals surface area contributed by atoms with E-state index in [1.165, 1.54) is 21.4 Å². The molecule has 1 heterocycles. The van der Waals surface area contributed by atoms with Crippen molar-refractivity contribution in [2.75, 3.05) is 5.32 Å². The van der Waals surface area contributed by atoms with Crippen molar-refractivity contribution in [3.8, 4) is 6.07 Å². The highest BCUT2D eigenvalue weighted by Gasteiger charge is 2.05. The van der Waals surface area contributed by atoms with E-state index in [9.17, 15) is 4.39 Å². The minimum atomic E-state index is -0.390. The van der Waals surface area contributed by atoms with Crippen LogP contribution in [0.3, 0.4) is 0 Å². The topological polar surface area (TPSA) is 35.8 Å². The summed E-state index contributed by atoms with van der Waals surface area (Å²) in [6.07, 6.45) is 0. The first-order valence-electron chi connectivity index (χ1n) is 5.59. The van der Waals surface area contributed by atoms with Gasteiger partial charge in [0, 0.05) is 16.3 Å². The summed E-state index contributed by atoms with van der Waals surface area (Å²) in [5.41, 5.74) is 2.02. The van der Waals surface area contributed by atoms with Crippen molar-refractivity contribution in [3.05, 3.63) is 51.0 Å². The van der Waals surface area contributed by atoms with Gasteiger partial charge < -0.3 is 5.32 Å². The van der Waals surface area contributed by atoms with E-state index in [0.717, 1.165) is 0 Å². The zero-order valence-corrected chi connectivity index (χ0v) is 11.1. The van der Waals surface area contributed by atoms with Crippen LogP contribution >= 0.6 is 11.3 Å². The van der Waals surface area contributed by atoms with Crippen LogP contribution in [0.4, 0.5) is 10.1 Å². The van der Waals surface area contributed by atoms with Crippen LogP contribution in [0, 0.1) is 31.0 Å². The Morgan fingerprint density at radius 2 is 2.11 bits per heavy atom. The largest absolute Gasteiger partial charge is 0.378 e. The molecule has 1 aromatic heterocycles. The monoisotopic (exact) mass is 260 g/mol. The average molecular weight is 260 g/mol. The number of halogens is 1. The normalized spacial score (nSPS) is 10.1. The molecular weight excluding hydrogens is 247 g/mol. The summed E-state index contributed by atoms with van der Waals surface area (Å²) in [5, 5.41) is 11.7. The van der Waals surface area contributed by atoms with Gasteiger partial charge in [-0.3, -0.25) is 0 Å². The summed E-state index contributed by atoms with van der Waals surface area (Å²) in [4.78, 5) is 2.46. The second-order valence-electron chi connectivity index (χ2n) is 4.11. The first-order chi connectivity index (χ1) is 8.60. The van der Waals surface area contributed by atoms with Crippen molar-refractivity contribution < 1.29 is 4.39 Å². The molecule has 0 aliphatic rings. The predicted octanol–water partition coefficient (Wildman–Crippen LogP) is 3.99. The summed E-state index contributed by atoms with van der Waals surface area (Å²) in [7, 11) is 0. The zero-order chi connectivity index (χ0) is 13.1. The molecule has 2 nitrogen and oxygen atoms in total. The molecule has 2 rings (SSSR count). The fraction of sp³-hybridized carbons (Fsp3) is 0.214. The second-order valence-corrected chi connectivity index (χ2v) is 5.45. The second kappa shape index (κ2) is 5.19. The zero-order valence-electron chi connectivity index (χ0n) is 10.2. The fourth-order valence-electron chi connectivity index (χ4n) is 1.65. The number of aryl methyl sites for hydroxylation is 2. The van der Waals surface area contributed by atoms with Gasteiger partial charge in [0.25, 0.3) is 0 Å². The van der Waals surface area contributed by atoms with E-state index in [-0.39, 0.29) is 5.82 Å². The van der Waals surface area contributed by atoms with Crippen LogP contribution in [-0.2, 0) is 6.54 Å². The highest BCUT2D eigenvalue weighted by Crippen LogP contribution is 2.22. The van der Waals surface area contributed by atoms with Crippen LogP contribution in [0.1, 0.15) is 20.9 Å². The number of hydrogen-bond acceptors (Lipinski definition) is 3. The molecular formula is C14H13FN2S. The molecule has 0 saturated heterocycles. The molecule has 0 bridgehead atoms. The van der Waals surface area contributed by atoms with Gasteiger partial charge in [-0.25, -0.2) is 4.39 Å². The Labute approximate surface area is 110 Å². The van der Waals surface area contributed by atoms with Crippen LogP contribution in [0.5, 0.6) is 0 Å². The molecule has 0 aliphatic heterocycles. The number of anilines is 1. The number of hydrogen-bond donors (Lipinski definition) is 1. The Morgan fingerprint density at radius 1 is 1.33 bits per heavy atom. The Bertz CT molecular complexity index is 591. The molecule has 92 valence electrons. The first kappa shape index (κ1) is 12.6. The number of rotatable bonds is 3. The summed E-state index contributed by atoms with van der Waals surface area (Å²) < 4.78 is 13.6. The van der Waals surface area contributed by atoms with Crippen LogP contribution in [-0.4, -0.2) is 0 Å². The van der Waals surface area contributed by atoms with Gasteiger partial charge in [0.15, 0.2) is 0 Å². The smallest absolute Gasteiger partial charge is 0.147 e. The molecule has 0 radical (unpaired) electrons. The van der Waals surface area contributed by atoms with E-state index >= 15 is 0 Å². The van der Waals surface area contributed by atoms with Crippen LogP contribution in [0.15, 0.2) is 24.3 Å². The summed E-state index contributed by atoms with van der Waals surface area (Å²) >= 11 is 1.71. The molecule has 0 saturated carbocycles. The highest BCUT2D eigenvalue weighted by atomic mass is 32.1. The SMILES string of the molecule is Cc1cc(CNc2ccc(C#N)cc2F)sc1C. The van der Waals surface area contributed by atoms with Crippen LogP contribution in [0.2, 0.25) is 0 Å². The maximum atomic E-state index is 13.6. The van der Waals surface area contributed by atoms with Gasteiger partial charge in [0.1, 0.15) is 5.82 Å². The highest BCUT2D eigenvalue weighted by molar-refractivity contribution is 7.12. The molecule has 0 aliphatic carbocycles. The number of nitriles is 1. The average Bonchev–Trinajstić information content (AvgIpc) is 2.67. The molecule has 4 heteroatoms. The lowest BCUT2D eigenvalue weighted by atomic mass is 10.2. The molecule has 2 aromatic rings. The maximum absolute atomic E-state index is 13.6. The third-order valence-electron chi connectivity index (χ3n) is 2.77. The lowest BCUT2D eigenvalue weighted by Crippen LogP contribution is -2.00. The predicted molar refractivity (Wildman–Crippen MR) is 72.2 cm³/mol. The van der Waals surface area contributed by atoms with E-state index in [1.807, 2.05) is 6.07 Å². The van der Waals surface area contributed by atoms with E-state index in [0.29, 0.717) is 17.8 Å². The van der Waals surface area contributed by atoms with E-state index in [1.54, 1.807) is 23.5 Å². The lowest BCUT2D eigenvalue weighted by Gasteiger charge is -2.06. The first-order valence-corrected chi connectivity index (χ1v) is 6.41. The van der Waals surface area contributed by atoms with Gasteiger partial charge in [-0.1, -0.05) is 0 Å². The van der Waals surface area contributed by atoms with Gasteiger partial charge in [0.2, 0.25) is 0 Å². The Hall–Kier alpha value is -1.86. The van der Waals surface area contributed by atoms with Crippen LogP contribution < -0.4 is 5.32 Å². The molecule has 0 atom stereocenters. The van der Waals surface area contributed by atoms with E-state index < -0.39 is 0 Å². The molecule has 0 fully saturated rings. The standard InChI is InChI=1S/C14H13FN2S/c1-9-5-12(18-10(9)2)8-17-14-4-3-11(7-16)6-13(14)15/h3-6,17H,8H2,1-2H3. The van der Waals surface area contributed by atoms with E-state index in [4.69, 9.17) is 5.26 Å². The maximum Gasteiger partial charge on any atom is 0.147 e. The van der Waals surface area contributed by atoms with Crippen molar-refractivity contribution in [1.82, 2.24) is 0 Å². The van der Waals surface area contributed by atoms with Gasteiger partial charge in [-0.05, 0) is 43.7 Å². The fourth-order valence-corrected chi connectivity index (χ4v) is 2.64. The van der Waals surface area contributed by atoms with Crippen molar-refractivity contribution in [2.45, 2.75) is 20.4 Å². The van der Waals surface area contributed by atoms with Gasteiger partial charge in [-0.2, -0.15) is 5.26 Å². The number of benzene rings is 1. The Morgan fingerprint density at radius 3 is 2.67 bits per heavy atom. The number of thiophene rings is 1. The Balaban J connectivity index is 2.09. The third-order valence-corrected chi connectivity index (χ3v) is 3.92. The van der Waals surface area contributed by atoms with E-state index in [2.05, 4.69) is 25.2 Å². The minimum Gasteiger partial charge on any atom is -0.378 e. The summed E-state index contributed by atoms with van der Waals surface area (Å²) in [5.74, 6) is -0.390. The van der Waals surface area contributed by atoms with Gasteiger partial charge in [0.05, 0.1) is 17.3 Å². The molecule has 1 aromatic carbocycles. The Kier molecular flexibility index (Phi) is 3.63. The summed E-state index contributed by atoms with van der Waals surface area (Å²) in [6.45, 7) is 4.74. The molecule has 0 amide bonds.